The standard InChI is InChI=1S/C15H17NO2S.C7H9N.C2H6/c1-4-6-7-14(5-2)19(3,18)15-10-8-13(9-11-15)16-12-17;1-2-7-4-3-5-8-6-7;1-2/h4-12H,1,3H2,2H3,(H,16,17);3-6H,2H2,1H3;1-2H3/b7-6-,14-5+;;. The maximum atomic E-state index is 12.7. The number of nitrogens with one attached hydrogen (secondary N) is 1. The zero-order valence-corrected chi connectivity index (χ0v) is 18.6. The minimum absolute atomic E-state index is 0.598. The number of aromatic nitrogens is 1. The highest BCUT2D eigenvalue weighted by molar-refractivity contribution is 8.04. The van der Waals surface area contributed by atoms with Gasteiger partial charge in [0.2, 0.25) is 6.41 Å². The van der Waals surface area contributed by atoms with E-state index in [0.29, 0.717) is 21.9 Å². The number of rotatable bonds is 7. The fourth-order valence-electron chi connectivity index (χ4n) is 2.14. The molecule has 1 aromatic carbocycles. The van der Waals surface area contributed by atoms with Gasteiger partial charge >= 0.3 is 0 Å². The molecule has 2 rings (SSSR count). The average molecular weight is 413 g/mol. The van der Waals surface area contributed by atoms with E-state index in [2.05, 4.69) is 35.7 Å². The maximum absolute atomic E-state index is 12.7. The fraction of sp³-hybridized carbons (Fsp3) is 0.208. The summed E-state index contributed by atoms with van der Waals surface area (Å²) in [6, 6.07) is 10.8. The Labute approximate surface area is 176 Å². The molecule has 1 heterocycles. The number of amides is 1. The van der Waals surface area contributed by atoms with Crippen LogP contribution in [0.25, 0.3) is 0 Å². The lowest BCUT2D eigenvalue weighted by Crippen LogP contribution is -2.03. The van der Waals surface area contributed by atoms with Gasteiger partial charge in [0.1, 0.15) is 0 Å². The SMILES string of the molecule is C=C/C=C\C(=C/C)S(=C)(=O)c1ccc(NC=O)cc1.CC.CCc1cccnc1. The van der Waals surface area contributed by atoms with Crippen LogP contribution in [0.1, 0.15) is 33.3 Å². The molecule has 0 radical (unpaired) electrons. The molecule has 156 valence electrons. The van der Waals surface area contributed by atoms with Crippen LogP contribution < -0.4 is 5.32 Å². The number of hydrogen-bond acceptors (Lipinski definition) is 3. The maximum Gasteiger partial charge on any atom is 0.211 e. The third-order valence-corrected chi connectivity index (χ3v) is 5.82. The molecule has 0 fully saturated rings. The van der Waals surface area contributed by atoms with E-state index >= 15 is 0 Å². The first-order chi connectivity index (χ1) is 14.0. The van der Waals surface area contributed by atoms with Crippen molar-refractivity contribution >= 4 is 27.5 Å². The number of nitrogens with zero attached hydrogens (tertiary/aromatic N) is 1. The Morgan fingerprint density at radius 1 is 1.21 bits per heavy atom. The second kappa shape index (κ2) is 15.1. The molecule has 1 N–H and O–H groups in total. The second-order valence-electron chi connectivity index (χ2n) is 5.46. The van der Waals surface area contributed by atoms with E-state index in [1.807, 2.05) is 33.0 Å². The Kier molecular flexibility index (Phi) is 13.5. The van der Waals surface area contributed by atoms with Crippen LogP contribution in [-0.2, 0) is 20.7 Å². The van der Waals surface area contributed by atoms with Crippen molar-refractivity contribution in [1.82, 2.24) is 4.98 Å². The summed E-state index contributed by atoms with van der Waals surface area (Å²) < 4.78 is 12.7. The molecule has 0 aliphatic carbocycles. The first kappa shape index (κ1) is 26.1. The van der Waals surface area contributed by atoms with Crippen molar-refractivity contribution in [3.05, 3.63) is 90.1 Å². The van der Waals surface area contributed by atoms with Crippen molar-refractivity contribution in [3.8, 4) is 0 Å². The lowest BCUT2D eigenvalue weighted by molar-refractivity contribution is -0.105. The summed E-state index contributed by atoms with van der Waals surface area (Å²) in [4.78, 5) is 15.5. The van der Waals surface area contributed by atoms with Gasteiger partial charge in [-0.15, -0.1) is 0 Å². The van der Waals surface area contributed by atoms with Gasteiger partial charge in [0, 0.05) is 37.4 Å². The predicted molar refractivity (Wildman–Crippen MR) is 128 cm³/mol. The number of carbonyl (C=O) groups excluding carboxylic acids is 1. The second-order valence-corrected chi connectivity index (χ2v) is 7.76. The van der Waals surface area contributed by atoms with Gasteiger partial charge in [-0.3, -0.25) is 14.0 Å². The van der Waals surface area contributed by atoms with Crippen LogP contribution >= 0.6 is 0 Å². The number of aryl methyl sites for hydroxylation is 1. The van der Waals surface area contributed by atoms with Crippen molar-refractivity contribution in [2.24, 2.45) is 0 Å². The van der Waals surface area contributed by atoms with Gasteiger partial charge in [-0.2, -0.15) is 0 Å². The van der Waals surface area contributed by atoms with Crippen molar-refractivity contribution in [2.45, 2.75) is 39.0 Å². The third kappa shape index (κ3) is 9.21. The lowest BCUT2D eigenvalue weighted by atomic mass is 10.2. The first-order valence-electron chi connectivity index (χ1n) is 9.51. The molecule has 0 aliphatic heterocycles. The van der Waals surface area contributed by atoms with Gasteiger partial charge in [-0.25, -0.2) is 0 Å². The molecule has 1 unspecified atom stereocenters. The number of anilines is 1. The molecule has 2 aromatic rings. The molecule has 4 nitrogen and oxygen atoms in total. The van der Waals surface area contributed by atoms with Crippen molar-refractivity contribution < 1.29 is 9.00 Å². The van der Waals surface area contributed by atoms with Crippen LogP contribution in [0.2, 0.25) is 0 Å². The molecular weight excluding hydrogens is 380 g/mol. The Morgan fingerprint density at radius 3 is 2.28 bits per heavy atom. The molecule has 5 heteroatoms. The van der Waals surface area contributed by atoms with E-state index in [1.165, 1.54) is 5.56 Å². The third-order valence-electron chi connectivity index (χ3n) is 3.65. The summed E-state index contributed by atoms with van der Waals surface area (Å²) in [5, 5.41) is 2.53. The molecule has 1 aromatic heterocycles. The van der Waals surface area contributed by atoms with Gasteiger partial charge in [0.15, 0.2) is 0 Å². The number of carbonyl (C=O) groups is 1. The summed E-state index contributed by atoms with van der Waals surface area (Å²) in [6.45, 7) is 11.5. The van der Waals surface area contributed by atoms with Crippen molar-refractivity contribution in [1.29, 1.82) is 0 Å². The fourth-order valence-corrected chi connectivity index (χ4v) is 3.67. The minimum Gasteiger partial charge on any atom is -0.329 e. The van der Waals surface area contributed by atoms with E-state index in [-0.39, 0.29) is 0 Å². The summed E-state index contributed by atoms with van der Waals surface area (Å²) in [5.74, 6) is 3.82. The van der Waals surface area contributed by atoms with Gasteiger partial charge in [0.25, 0.3) is 0 Å². The quantitative estimate of drug-likeness (QED) is 0.363. The highest BCUT2D eigenvalue weighted by Gasteiger charge is 2.11. The van der Waals surface area contributed by atoms with Gasteiger partial charge < -0.3 is 5.32 Å². The molecule has 29 heavy (non-hydrogen) atoms. The molecular formula is C24H32N2O2S. The first-order valence-corrected chi connectivity index (χ1v) is 11.2. The van der Waals surface area contributed by atoms with Crippen LogP contribution in [0.5, 0.6) is 0 Å². The van der Waals surface area contributed by atoms with Gasteiger partial charge in [0.05, 0.1) is 0 Å². The highest BCUT2D eigenvalue weighted by Crippen LogP contribution is 2.22. The Bertz CT molecular complexity index is 882. The highest BCUT2D eigenvalue weighted by atomic mass is 32.2. The molecule has 0 bridgehead atoms. The smallest absolute Gasteiger partial charge is 0.211 e. The molecule has 1 atom stereocenters. The Morgan fingerprint density at radius 2 is 1.86 bits per heavy atom. The van der Waals surface area contributed by atoms with Crippen molar-refractivity contribution in [3.63, 3.8) is 0 Å². The monoisotopic (exact) mass is 412 g/mol. The number of hydrogen-bond donors (Lipinski definition) is 1. The minimum atomic E-state index is -2.54. The molecule has 0 spiro atoms. The van der Waals surface area contributed by atoms with Crippen LogP contribution in [0, 0.1) is 0 Å². The molecule has 1 amide bonds. The topological polar surface area (TPSA) is 59.1 Å². The van der Waals surface area contributed by atoms with Crippen molar-refractivity contribution in [2.75, 3.05) is 5.32 Å². The average Bonchev–Trinajstić information content (AvgIpc) is 2.77. The zero-order chi connectivity index (χ0) is 22.1. The molecule has 0 saturated heterocycles. The van der Waals surface area contributed by atoms with E-state index in [9.17, 15) is 9.00 Å². The van der Waals surface area contributed by atoms with E-state index in [1.54, 1.807) is 54.8 Å². The molecule has 0 saturated carbocycles. The Hall–Kier alpha value is -2.92. The van der Waals surface area contributed by atoms with Crippen LogP contribution in [-0.4, -0.2) is 21.5 Å². The summed E-state index contributed by atoms with van der Waals surface area (Å²) in [6.07, 6.45) is 12.2. The number of pyridine rings is 1. The van der Waals surface area contributed by atoms with E-state index in [0.717, 1.165) is 6.42 Å². The van der Waals surface area contributed by atoms with Gasteiger partial charge in [-0.1, -0.05) is 51.6 Å². The summed E-state index contributed by atoms with van der Waals surface area (Å²) in [7, 11) is -2.54. The number of allylic oxidation sites excluding steroid dienone is 4. The van der Waals surface area contributed by atoms with Gasteiger partial charge in [-0.05, 0) is 61.2 Å². The summed E-state index contributed by atoms with van der Waals surface area (Å²) >= 11 is 0. The Balaban J connectivity index is 0.000000649. The van der Waals surface area contributed by atoms with Crippen LogP contribution in [0.3, 0.4) is 0 Å². The van der Waals surface area contributed by atoms with Crippen LogP contribution in [0.15, 0.2) is 89.5 Å². The largest absolute Gasteiger partial charge is 0.329 e. The zero-order valence-electron chi connectivity index (χ0n) is 17.8. The normalized spacial score (nSPS) is 12.5. The van der Waals surface area contributed by atoms with E-state index in [4.69, 9.17) is 0 Å². The lowest BCUT2D eigenvalue weighted by Gasteiger charge is -2.11. The number of benzene rings is 1. The predicted octanol–water partition coefficient (Wildman–Crippen LogP) is 5.65. The molecule has 0 aliphatic rings. The van der Waals surface area contributed by atoms with Crippen LogP contribution in [0.4, 0.5) is 5.69 Å². The summed E-state index contributed by atoms with van der Waals surface area (Å²) in [5.41, 5.74) is 1.95. The van der Waals surface area contributed by atoms with E-state index < -0.39 is 9.52 Å².